The highest BCUT2D eigenvalue weighted by Crippen LogP contribution is 2.15. The highest BCUT2D eigenvalue weighted by molar-refractivity contribution is 6.50. The van der Waals surface area contributed by atoms with Gasteiger partial charge in [0.05, 0.1) is 0 Å². The van der Waals surface area contributed by atoms with Gasteiger partial charge in [-0.2, -0.15) is 0 Å². The van der Waals surface area contributed by atoms with Crippen LogP contribution in [-0.4, -0.2) is 7.25 Å². The van der Waals surface area contributed by atoms with Crippen molar-refractivity contribution in [2.45, 2.75) is 13.8 Å². The molecule has 0 aliphatic rings. The van der Waals surface area contributed by atoms with Crippen LogP contribution in [0, 0.1) is 19.2 Å². The van der Waals surface area contributed by atoms with Crippen molar-refractivity contribution in [1.29, 1.82) is 5.39 Å². The fourth-order valence-electron chi connectivity index (χ4n) is 1.01. The third-order valence-corrected chi connectivity index (χ3v) is 1.32. The first kappa shape index (κ1) is 13.4. The summed E-state index contributed by atoms with van der Waals surface area (Å²) in [5, 5.41) is 8.41. The summed E-state index contributed by atoms with van der Waals surface area (Å²) in [7, 11) is -6.00. The van der Waals surface area contributed by atoms with Crippen molar-refractivity contribution in [3.05, 3.63) is 34.3 Å². The van der Waals surface area contributed by atoms with Gasteiger partial charge < -0.3 is 17.3 Å². The van der Waals surface area contributed by atoms with Gasteiger partial charge in [0.15, 0.2) is 4.98 Å². The fourth-order valence-corrected chi connectivity index (χ4v) is 1.01. The summed E-state index contributed by atoms with van der Waals surface area (Å²) in [5.74, 6) is 0. The van der Waals surface area contributed by atoms with Gasteiger partial charge in [0.2, 0.25) is 5.39 Å². The molecule has 0 N–H and O–H groups in total. The van der Waals surface area contributed by atoms with Crippen molar-refractivity contribution in [1.82, 2.24) is 0 Å². The largest absolute Gasteiger partial charge is 0.673 e. The van der Waals surface area contributed by atoms with E-state index in [1.807, 2.05) is 32.0 Å². The molecule has 15 heavy (non-hydrogen) atoms. The third-order valence-electron chi connectivity index (χ3n) is 1.32. The highest BCUT2D eigenvalue weighted by Gasteiger charge is 2.20. The van der Waals surface area contributed by atoms with Gasteiger partial charge in [0.25, 0.3) is 0 Å². The molecule has 0 saturated heterocycles. The van der Waals surface area contributed by atoms with Gasteiger partial charge in [0, 0.05) is 12.1 Å². The van der Waals surface area contributed by atoms with E-state index in [-0.39, 0.29) is 0 Å². The zero-order valence-electron chi connectivity index (χ0n) is 8.22. The molecule has 0 bridgehead atoms. The molecule has 0 atom stereocenters. The number of aryl methyl sites for hydroxylation is 2. The molecule has 82 valence electrons. The molecule has 1 aromatic carbocycles. The summed E-state index contributed by atoms with van der Waals surface area (Å²) in [6.45, 7) is 3.95. The molecule has 1 aromatic rings. The van der Waals surface area contributed by atoms with E-state index in [1.165, 1.54) is 0 Å². The molecular formula is C8H9BF4N2. The molecule has 0 heterocycles. The Morgan fingerprint density at radius 3 is 1.60 bits per heavy atom. The Bertz CT molecular complexity index is 344. The third kappa shape index (κ3) is 8.75. The summed E-state index contributed by atoms with van der Waals surface area (Å²) in [6, 6.07) is 5.69. The molecule has 0 fully saturated rings. The SMILES string of the molecule is Cc1cc(C)cc([N+]#N)c1.F[B-](F)(F)F. The van der Waals surface area contributed by atoms with E-state index in [4.69, 9.17) is 5.39 Å². The molecule has 1 rings (SSSR count). The molecular weight excluding hydrogens is 211 g/mol. The second-order valence-electron chi connectivity index (χ2n) is 2.94. The second kappa shape index (κ2) is 5.34. The lowest BCUT2D eigenvalue weighted by Gasteiger charge is -1.94. The molecule has 0 unspecified atom stereocenters. The van der Waals surface area contributed by atoms with Crippen molar-refractivity contribution in [2.75, 3.05) is 0 Å². The van der Waals surface area contributed by atoms with Crippen LogP contribution >= 0.6 is 0 Å². The Labute approximate surface area is 84.6 Å². The topological polar surface area (TPSA) is 28.1 Å². The smallest absolute Gasteiger partial charge is 0.418 e. The van der Waals surface area contributed by atoms with E-state index < -0.39 is 7.25 Å². The van der Waals surface area contributed by atoms with E-state index in [1.54, 1.807) is 0 Å². The average Bonchev–Trinajstić information content (AvgIpc) is 1.99. The quantitative estimate of drug-likeness (QED) is 0.367. The Kier molecular flexibility index (Phi) is 4.78. The van der Waals surface area contributed by atoms with Crippen molar-refractivity contribution < 1.29 is 17.3 Å². The van der Waals surface area contributed by atoms with Crippen LogP contribution < -0.4 is 0 Å². The summed E-state index contributed by atoms with van der Waals surface area (Å²) in [6.07, 6.45) is 0. The number of rotatable bonds is 0. The first-order chi connectivity index (χ1) is 6.72. The van der Waals surface area contributed by atoms with Crippen LogP contribution in [-0.2, 0) is 0 Å². The van der Waals surface area contributed by atoms with E-state index in [9.17, 15) is 17.3 Å². The fraction of sp³-hybridized carbons (Fsp3) is 0.250. The number of hydrogen-bond acceptors (Lipinski definition) is 1. The van der Waals surface area contributed by atoms with Gasteiger partial charge in [0.1, 0.15) is 0 Å². The minimum Gasteiger partial charge on any atom is -0.418 e. The summed E-state index contributed by atoms with van der Waals surface area (Å²) >= 11 is 0. The van der Waals surface area contributed by atoms with Crippen LogP contribution in [0.4, 0.5) is 23.0 Å². The Morgan fingerprint density at radius 2 is 1.33 bits per heavy atom. The van der Waals surface area contributed by atoms with Gasteiger partial charge in [-0.25, -0.2) is 0 Å². The Hall–Kier alpha value is -1.58. The monoisotopic (exact) mass is 220 g/mol. The van der Waals surface area contributed by atoms with E-state index in [0.29, 0.717) is 5.69 Å². The Balaban J connectivity index is 0.000000336. The number of nitrogens with zero attached hydrogens (tertiary/aromatic N) is 2. The first-order valence-electron chi connectivity index (χ1n) is 4.03. The van der Waals surface area contributed by atoms with Gasteiger partial charge in [-0.05, 0) is 25.0 Å². The van der Waals surface area contributed by atoms with Crippen LogP contribution in [0.25, 0.3) is 4.98 Å². The lowest BCUT2D eigenvalue weighted by atomic mass is 10.1. The lowest BCUT2D eigenvalue weighted by Crippen LogP contribution is -2.02. The minimum absolute atomic E-state index is 0.623. The maximum absolute atomic E-state index is 9.75. The van der Waals surface area contributed by atoms with E-state index in [0.717, 1.165) is 11.1 Å². The maximum atomic E-state index is 9.75. The van der Waals surface area contributed by atoms with E-state index in [2.05, 4.69) is 4.98 Å². The normalized spacial score (nSPS) is 9.93. The van der Waals surface area contributed by atoms with Crippen LogP contribution in [0.15, 0.2) is 18.2 Å². The Morgan fingerprint density at radius 1 is 1.00 bits per heavy atom. The van der Waals surface area contributed by atoms with Gasteiger partial charge in [-0.3, -0.25) is 0 Å². The summed E-state index contributed by atoms with van der Waals surface area (Å²) in [4.78, 5) is 3.09. The average molecular weight is 220 g/mol. The predicted molar refractivity (Wildman–Crippen MR) is 50.8 cm³/mol. The second-order valence-corrected chi connectivity index (χ2v) is 2.94. The van der Waals surface area contributed by atoms with Crippen molar-refractivity contribution in [2.24, 2.45) is 0 Å². The van der Waals surface area contributed by atoms with Gasteiger partial charge in [-0.15, -0.1) is 0 Å². The van der Waals surface area contributed by atoms with Crippen LogP contribution in [0.3, 0.4) is 0 Å². The number of halogens is 4. The van der Waals surface area contributed by atoms with Gasteiger partial charge in [-0.1, -0.05) is 6.07 Å². The molecule has 2 nitrogen and oxygen atoms in total. The molecule has 0 spiro atoms. The molecule has 0 aromatic heterocycles. The zero-order chi connectivity index (χ0) is 12.1. The highest BCUT2D eigenvalue weighted by atomic mass is 19.5. The van der Waals surface area contributed by atoms with Gasteiger partial charge >= 0.3 is 12.9 Å². The van der Waals surface area contributed by atoms with Crippen LogP contribution in [0.1, 0.15) is 11.1 Å². The maximum Gasteiger partial charge on any atom is 0.673 e. The van der Waals surface area contributed by atoms with Crippen LogP contribution in [0.2, 0.25) is 0 Å². The standard InChI is InChI=1S/C8H9N2.BF4/c1-6-3-7(2)5-8(4-6)10-9;2-1(3,4)5/h3-5H,1-2H3;/q+1;-1. The molecule has 0 aliphatic carbocycles. The predicted octanol–water partition coefficient (Wildman–Crippen LogP) is 4.09. The lowest BCUT2D eigenvalue weighted by molar-refractivity contribution is 0.368. The van der Waals surface area contributed by atoms with Crippen molar-refractivity contribution in [3.63, 3.8) is 0 Å². The molecule has 7 heteroatoms. The van der Waals surface area contributed by atoms with Crippen molar-refractivity contribution in [3.8, 4) is 0 Å². The zero-order valence-corrected chi connectivity index (χ0v) is 8.22. The first-order valence-corrected chi connectivity index (χ1v) is 4.03. The number of diazo groups is 1. The summed E-state index contributed by atoms with van der Waals surface area (Å²) in [5.41, 5.74) is 2.86. The van der Waals surface area contributed by atoms with Crippen molar-refractivity contribution >= 4 is 12.9 Å². The number of hydrogen-bond donors (Lipinski definition) is 0. The summed E-state index contributed by atoms with van der Waals surface area (Å²) < 4.78 is 39.0. The molecule has 0 radical (unpaired) electrons. The molecule has 0 aliphatic heterocycles. The number of benzene rings is 1. The molecule has 0 saturated carbocycles. The minimum atomic E-state index is -6.00. The van der Waals surface area contributed by atoms with Crippen LogP contribution in [0.5, 0.6) is 0 Å². The van der Waals surface area contributed by atoms with E-state index >= 15 is 0 Å². The molecule has 0 amide bonds.